The minimum Gasteiger partial charge on any atom is -0.488 e. The first-order valence-corrected chi connectivity index (χ1v) is 18.2. The summed E-state index contributed by atoms with van der Waals surface area (Å²) in [5.74, 6) is -1.93. The second kappa shape index (κ2) is 13.9. The highest BCUT2D eigenvalue weighted by molar-refractivity contribution is 6.76. The lowest BCUT2D eigenvalue weighted by Gasteiger charge is -2.19. The largest absolute Gasteiger partial charge is 0.488 e. The van der Waals surface area contributed by atoms with E-state index in [1.54, 1.807) is 0 Å². The van der Waals surface area contributed by atoms with Crippen molar-refractivity contribution in [3.05, 3.63) is 80.6 Å². The summed E-state index contributed by atoms with van der Waals surface area (Å²) in [4.78, 5) is 32.9. The number of ether oxygens (including phenoxy) is 2. The van der Waals surface area contributed by atoms with E-state index in [0.717, 1.165) is 18.3 Å². The number of nitrogens with zero attached hydrogens (tertiary/aromatic N) is 5. The topological polar surface area (TPSA) is 101 Å². The molecule has 0 amide bonds. The van der Waals surface area contributed by atoms with Gasteiger partial charge in [-0.05, 0) is 49.4 Å². The lowest BCUT2D eigenvalue weighted by Crippen LogP contribution is -2.33. The molecule has 0 aliphatic heterocycles. The van der Waals surface area contributed by atoms with Crippen molar-refractivity contribution in [1.82, 2.24) is 24.3 Å². The Hall–Kier alpha value is -4.12. The number of halogens is 7. The molecule has 0 radical (unpaired) electrons. The molecule has 0 saturated heterocycles. The molecule has 0 spiro atoms. The summed E-state index contributed by atoms with van der Waals surface area (Å²) in [5.41, 5.74) is -4.73. The second-order valence-corrected chi connectivity index (χ2v) is 17.8. The maximum atomic E-state index is 14.9. The molecule has 0 aliphatic rings. The molecule has 4 rings (SSSR count). The van der Waals surface area contributed by atoms with Gasteiger partial charge in [-0.3, -0.25) is 9.59 Å². The molecule has 0 fully saturated rings. The number of hydrogen-bond donors (Lipinski definition) is 0. The summed E-state index contributed by atoms with van der Waals surface area (Å²) in [6.07, 6.45) is -6.69. The molecule has 1 unspecified atom stereocenters. The Morgan fingerprint density at radius 2 is 1.64 bits per heavy atom. The van der Waals surface area contributed by atoms with E-state index in [1.807, 2.05) is 0 Å². The van der Waals surface area contributed by atoms with Crippen LogP contribution in [0, 0.1) is 5.82 Å². The van der Waals surface area contributed by atoms with E-state index in [0.29, 0.717) is 22.5 Å². The summed E-state index contributed by atoms with van der Waals surface area (Å²) in [6.45, 7) is 7.80. The van der Waals surface area contributed by atoms with Gasteiger partial charge in [0, 0.05) is 39.8 Å². The first-order chi connectivity index (χ1) is 21.8. The number of alkyl halides is 6. The summed E-state index contributed by atoms with van der Waals surface area (Å²) >= 11 is 0. The van der Waals surface area contributed by atoms with E-state index >= 15 is 0 Å². The third kappa shape index (κ3) is 9.03. The van der Waals surface area contributed by atoms with Crippen molar-refractivity contribution in [2.24, 2.45) is 0 Å². The van der Waals surface area contributed by atoms with E-state index in [-0.39, 0.29) is 42.8 Å². The average Bonchev–Trinajstić information content (AvgIpc) is 2.96. The predicted molar refractivity (Wildman–Crippen MR) is 161 cm³/mol. The smallest absolute Gasteiger partial charge is 0.425 e. The van der Waals surface area contributed by atoms with E-state index in [2.05, 4.69) is 34.7 Å². The zero-order chi connectivity index (χ0) is 34.7. The molecular formula is C30H32F7N5O4Si. The summed E-state index contributed by atoms with van der Waals surface area (Å²) in [6, 6.07) is 4.47. The highest BCUT2D eigenvalue weighted by Crippen LogP contribution is 2.34. The van der Waals surface area contributed by atoms with Crippen molar-refractivity contribution in [3.8, 4) is 17.1 Å². The zero-order valence-electron chi connectivity index (χ0n) is 25.9. The summed E-state index contributed by atoms with van der Waals surface area (Å²) in [7, 11) is -1.45. The van der Waals surface area contributed by atoms with Gasteiger partial charge in [-0.15, -0.1) is 0 Å². The molecule has 17 heteroatoms. The molecule has 0 saturated carbocycles. The van der Waals surface area contributed by atoms with E-state index in [4.69, 9.17) is 9.47 Å². The van der Waals surface area contributed by atoms with Gasteiger partial charge in [-0.25, -0.2) is 19.0 Å². The van der Waals surface area contributed by atoms with Crippen molar-refractivity contribution in [2.45, 2.75) is 77.2 Å². The summed E-state index contributed by atoms with van der Waals surface area (Å²) < 4.78 is 108. The van der Waals surface area contributed by atoms with Crippen LogP contribution in [0.25, 0.3) is 22.2 Å². The Morgan fingerprint density at radius 1 is 0.957 bits per heavy atom. The van der Waals surface area contributed by atoms with Gasteiger partial charge >= 0.3 is 12.4 Å². The standard InChI is InChI=1S/C30H32F7N5O4Si/c1-18(46-24-16-40-42(17-45-10-11-47(2,3)4)28(44)25(24)30(35,36)37)6-5-8-41-9-7-19-12-22(23(31)13-21(19)27(41)43)26-38-14-20(15-39-26)29(32,33)34/h7,9,12-16,18H,5-6,8,10-11,17H2,1-4H3. The minimum atomic E-state index is -5.01. The fourth-order valence-corrected chi connectivity index (χ4v) is 5.29. The molecule has 254 valence electrons. The normalized spacial score (nSPS) is 13.3. The van der Waals surface area contributed by atoms with Crippen LogP contribution >= 0.6 is 0 Å². The van der Waals surface area contributed by atoms with Gasteiger partial charge in [-0.2, -0.15) is 31.4 Å². The molecule has 9 nitrogen and oxygen atoms in total. The van der Waals surface area contributed by atoms with Crippen LogP contribution in [0.4, 0.5) is 30.7 Å². The zero-order valence-corrected chi connectivity index (χ0v) is 26.9. The first kappa shape index (κ1) is 35.7. The summed E-state index contributed by atoms with van der Waals surface area (Å²) in [5, 5.41) is 4.08. The quantitative estimate of drug-likeness (QED) is 0.0923. The number of pyridine rings is 1. The minimum absolute atomic E-state index is 0.00381. The van der Waals surface area contributed by atoms with Gasteiger partial charge < -0.3 is 14.0 Å². The molecule has 4 aromatic rings. The van der Waals surface area contributed by atoms with Gasteiger partial charge in [0.05, 0.1) is 28.8 Å². The SMILES string of the molecule is CC(CCCn1ccc2cc(-c3ncc(C(F)(F)F)cn3)c(F)cc2c1=O)Oc1cnn(COCC[Si](C)(C)C)c(=O)c1C(F)(F)F. The average molecular weight is 688 g/mol. The second-order valence-electron chi connectivity index (χ2n) is 12.1. The Morgan fingerprint density at radius 3 is 2.26 bits per heavy atom. The van der Waals surface area contributed by atoms with Crippen LogP contribution in [0.5, 0.6) is 5.75 Å². The van der Waals surface area contributed by atoms with Gasteiger partial charge in [0.2, 0.25) is 0 Å². The molecule has 0 aliphatic carbocycles. The van der Waals surface area contributed by atoms with Crippen molar-refractivity contribution in [1.29, 1.82) is 0 Å². The Labute approximate surface area is 265 Å². The number of aryl methyl sites for hydroxylation is 1. The van der Waals surface area contributed by atoms with Crippen molar-refractivity contribution in [3.63, 3.8) is 0 Å². The molecule has 0 N–H and O–H groups in total. The lowest BCUT2D eigenvalue weighted by atomic mass is 10.1. The fourth-order valence-electron chi connectivity index (χ4n) is 4.54. The molecule has 1 atom stereocenters. The molecular weight excluding hydrogens is 655 g/mol. The molecule has 1 aromatic carbocycles. The number of hydrogen-bond acceptors (Lipinski definition) is 7. The van der Waals surface area contributed by atoms with Crippen LogP contribution in [0.1, 0.15) is 30.9 Å². The number of benzene rings is 1. The third-order valence-corrected chi connectivity index (χ3v) is 8.83. The molecule has 3 heterocycles. The van der Waals surface area contributed by atoms with Crippen molar-refractivity contribution in [2.75, 3.05) is 6.61 Å². The van der Waals surface area contributed by atoms with E-state index < -0.39 is 67.1 Å². The highest BCUT2D eigenvalue weighted by atomic mass is 28.3. The van der Waals surface area contributed by atoms with Crippen LogP contribution in [0.15, 0.2) is 52.6 Å². The van der Waals surface area contributed by atoms with Crippen molar-refractivity contribution < 1.29 is 40.2 Å². The lowest BCUT2D eigenvalue weighted by molar-refractivity contribution is -0.141. The maximum absolute atomic E-state index is 14.9. The number of aromatic nitrogens is 5. The number of rotatable bonds is 12. The first-order valence-electron chi connectivity index (χ1n) is 14.5. The Kier molecular flexibility index (Phi) is 10.6. The van der Waals surface area contributed by atoms with E-state index in [9.17, 15) is 40.3 Å². The molecule has 47 heavy (non-hydrogen) atoms. The predicted octanol–water partition coefficient (Wildman–Crippen LogP) is 6.75. The monoisotopic (exact) mass is 687 g/mol. The Bertz CT molecular complexity index is 1840. The number of fused-ring (bicyclic) bond motifs is 1. The fraction of sp³-hybridized carbons (Fsp3) is 0.433. The van der Waals surface area contributed by atoms with Gasteiger partial charge in [-0.1, -0.05) is 19.6 Å². The van der Waals surface area contributed by atoms with Crippen LogP contribution in [0.3, 0.4) is 0 Å². The van der Waals surface area contributed by atoms with Gasteiger partial charge in [0.25, 0.3) is 11.1 Å². The van der Waals surface area contributed by atoms with E-state index in [1.165, 1.54) is 29.8 Å². The highest BCUT2D eigenvalue weighted by Gasteiger charge is 2.39. The van der Waals surface area contributed by atoms with Crippen molar-refractivity contribution >= 4 is 18.8 Å². The molecule has 3 aromatic heterocycles. The Balaban J connectivity index is 1.42. The van der Waals surface area contributed by atoms with Crippen LogP contribution in [-0.2, 0) is 30.4 Å². The van der Waals surface area contributed by atoms with Gasteiger partial charge in [0.1, 0.15) is 12.5 Å². The van der Waals surface area contributed by atoms with Crippen LogP contribution in [0.2, 0.25) is 25.7 Å². The third-order valence-electron chi connectivity index (χ3n) is 7.12. The molecule has 0 bridgehead atoms. The van der Waals surface area contributed by atoms with Crippen LogP contribution < -0.4 is 15.9 Å². The maximum Gasteiger partial charge on any atom is 0.425 e. The van der Waals surface area contributed by atoms with Crippen LogP contribution in [-0.4, -0.2) is 45.1 Å². The van der Waals surface area contributed by atoms with Gasteiger partial charge in [0.15, 0.2) is 17.1 Å².